The van der Waals surface area contributed by atoms with Crippen LogP contribution >= 0.6 is 0 Å². The fourth-order valence-corrected chi connectivity index (χ4v) is 2.20. The van der Waals surface area contributed by atoms with Crippen molar-refractivity contribution in [2.45, 2.75) is 26.6 Å². The van der Waals surface area contributed by atoms with Crippen molar-refractivity contribution in [1.82, 2.24) is 15.8 Å². The number of aromatic nitrogens is 1. The molecule has 3 rings (SSSR count). The van der Waals surface area contributed by atoms with Gasteiger partial charge in [-0.25, -0.2) is 0 Å². The normalized spacial score (nSPS) is 13.3. The zero-order valence-corrected chi connectivity index (χ0v) is 10.7. The summed E-state index contributed by atoms with van der Waals surface area (Å²) in [5, 5.41) is 9.82. The Kier molecular flexibility index (Phi) is 3.05. The van der Waals surface area contributed by atoms with Crippen molar-refractivity contribution in [3.05, 3.63) is 52.4 Å². The van der Waals surface area contributed by atoms with Crippen molar-refractivity contribution in [2.24, 2.45) is 0 Å². The highest BCUT2D eigenvalue weighted by molar-refractivity contribution is 5.91. The van der Waals surface area contributed by atoms with Crippen LogP contribution in [-0.2, 0) is 19.6 Å². The lowest BCUT2D eigenvalue weighted by atomic mass is 10.1. The molecule has 0 unspecified atom stereocenters. The molecule has 19 heavy (non-hydrogen) atoms. The van der Waals surface area contributed by atoms with Crippen LogP contribution in [0.1, 0.15) is 32.9 Å². The number of benzene rings is 1. The molecular formula is C14H15N3O2. The zero-order valence-electron chi connectivity index (χ0n) is 10.7. The maximum atomic E-state index is 11.8. The maximum Gasteiger partial charge on any atom is 0.290 e. The van der Waals surface area contributed by atoms with Gasteiger partial charge in [0.1, 0.15) is 0 Å². The second-order valence-electron chi connectivity index (χ2n) is 4.72. The van der Waals surface area contributed by atoms with Crippen molar-refractivity contribution in [1.29, 1.82) is 0 Å². The SMILES string of the molecule is Cc1cc(C(=O)NCc2ccc3c(c2)CNC3)on1. The summed E-state index contributed by atoms with van der Waals surface area (Å²) >= 11 is 0. The number of hydrogen-bond donors (Lipinski definition) is 2. The first-order valence-electron chi connectivity index (χ1n) is 6.25. The van der Waals surface area contributed by atoms with Crippen LogP contribution in [-0.4, -0.2) is 11.1 Å². The van der Waals surface area contributed by atoms with Gasteiger partial charge in [-0.2, -0.15) is 0 Å². The fraction of sp³-hybridized carbons (Fsp3) is 0.286. The Morgan fingerprint density at radius 3 is 3.00 bits per heavy atom. The Labute approximate surface area is 111 Å². The molecule has 1 aromatic carbocycles. The van der Waals surface area contributed by atoms with Crippen molar-refractivity contribution >= 4 is 5.91 Å². The lowest BCUT2D eigenvalue weighted by Gasteiger charge is -2.05. The van der Waals surface area contributed by atoms with E-state index < -0.39 is 0 Å². The number of aryl methyl sites for hydroxylation is 1. The largest absolute Gasteiger partial charge is 0.351 e. The van der Waals surface area contributed by atoms with Gasteiger partial charge in [0.15, 0.2) is 0 Å². The minimum atomic E-state index is -0.237. The Hall–Kier alpha value is -2.14. The first-order chi connectivity index (χ1) is 9.22. The number of fused-ring (bicyclic) bond motifs is 1. The molecule has 0 spiro atoms. The molecule has 0 atom stereocenters. The Morgan fingerprint density at radius 2 is 2.21 bits per heavy atom. The number of hydrogen-bond acceptors (Lipinski definition) is 4. The van der Waals surface area contributed by atoms with Crippen LogP contribution in [0.4, 0.5) is 0 Å². The second-order valence-corrected chi connectivity index (χ2v) is 4.72. The molecule has 0 radical (unpaired) electrons. The van der Waals surface area contributed by atoms with Gasteiger partial charge in [0.2, 0.25) is 5.76 Å². The van der Waals surface area contributed by atoms with Gasteiger partial charge in [0.25, 0.3) is 5.91 Å². The average Bonchev–Trinajstić information content (AvgIpc) is 3.03. The quantitative estimate of drug-likeness (QED) is 0.874. The molecule has 2 heterocycles. The molecular weight excluding hydrogens is 242 g/mol. The molecule has 2 N–H and O–H groups in total. The summed E-state index contributed by atoms with van der Waals surface area (Å²) in [5.74, 6) is 0.0135. The van der Waals surface area contributed by atoms with Gasteiger partial charge in [-0.05, 0) is 23.6 Å². The predicted molar refractivity (Wildman–Crippen MR) is 69.4 cm³/mol. The van der Waals surface area contributed by atoms with Gasteiger partial charge in [0.05, 0.1) is 5.69 Å². The Bertz CT molecular complexity index is 619. The molecule has 0 aliphatic carbocycles. The van der Waals surface area contributed by atoms with Crippen LogP contribution in [0, 0.1) is 6.92 Å². The number of carbonyl (C=O) groups is 1. The molecule has 1 aromatic heterocycles. The Morgan fingerprint density at radius 1 is 1.37 bits per heavy atom. The summed E-state index contributed by atoms with van der Waals surface area (Å²) in [6, 6.07) is 7.90. The average molecular weight is 257 g/mol. The molecule has 5 heteroatoms. The number of rotatable bonds is 3. The van der Waals surface area contributed by atoms with Crippen molar-refractivity contribution in [3.8, 4) is 0 Å². The third kappa shape index (κ3) is 2.51. The molecule has 0 fully saturated rings. The molecule has 0 saturated carbocycles. The first-order valence-corrected chi connectivity index (χ1v) is 6.25. The smallest absolute Gasteiger partial charge is 0.290 e. The van der Waals surface area contributed by atoms with Crippen LogP contribution in [0.2, 0.25) is 0 Å². The van der Waals surface area contributed by atoms with Crippen LogP contribution in [0.15, 0.2) is 28.8 Å². The van der Waals surface area contributed by atoms with Gasteiger partial charge in [-0.3, -0.25) is 4.79 Å². The minimum absolute atomic E-state index is 0.237. The van der Waals surface area contributed by atoms with Gasteiger partial charge < -0.3 is 15.2 Å². The van der Waals surface area contributed by atoms with Crippen molar-refractivity contribution < 1.29 is 9.32 Å². The second kappa shape index (κ2) is 4.85. The summed E-state index contributed by atoms with van der Waals surface area (Å²) in [4.78, 5) is 11.8. The van der Waals surface area contributed by atoms with Crippen molar-refractivity contribution in [2.75, 3.05) is 0 Å². The lowest BCUT2D eigenvalue weighted by Crippen LogP contribution is -2.22. The van der Waals surface area contributed by atoms with E-state index in [1.54, 1.807) is 13.0 Å². The summed E-state index contributed by atoms with van der Waals surface area (Å²) in [6.07, 6.45) is 0. The van der Waals surface area contributed by atoms with E-state index >= 15 is 0 Å². The van der Waals surface area contributed by atoms with Crippen LogP contribution in [0.5, 0.6) is 0 Å². The van der Waals surface area contributed by atoms with E-state index in [1.807, 2.05) is 6.07 Å². The highest BCUT2D eigenvalue weighted by atomic mass is 16.5. The summed E-state index contributed by atoms with van der Waals surface area (Å²) < 4.78 is 4.92. The van der Waals surface area contributed by atoms with Crippen LogP contribution in [0.25, 0.3) is 0 Å². The number of nitrogens with one attached hydrogen (secondary N) is 2. The summed E-state index contributed by atoms with van der Waals surface area (Å²) in [6.45, 7) is 4.11. The van der Waals surface area contributed by atoms with E-state index in [9.17, 15) is 4.79 Å². The minimum Gasteiger partial charge on any atom is -0.351 e. The topological polar surface area (TPSA) is 67.2 Å². The molecule has 98 valence electrons. The monoisotopic (exact) mass is 257 g/mol. The van der Waals surface area contributed by atoms with E-state index in [1.165, 1.54) is 11.1 Å². The molecule has 2 aromatic rings. The lowest BCUT2D eigenvalue weighted by molar-refractivity contribution is 0.0914. The third-order valence-corrected chi connectivity index (χ3v) is 3.21. The van der Waals surface area contributed by atoms with Crippen molar-refractivity contribution in [3.63, 3.8) is 0 Å². The number of carbonyl (C=O) groups excluding carboxylic acids is 1. The van der Waals surface area contributed by atoms with Crippen LogP contribution in [0.3, 0.4) is 0 Å². The van der Waals surface area contributed by atoms with E-state index in [4.69, 9.17) is 4.52 Å². The predicted octanol–water partition coefficient (Wildman–Crippen LogP) is 1.52. The third-order valence-electron chi connectivity index (χ3n) is 3.21. The van der Waals surface area contributed by atoms with Gasteiger partial charge >= 0.3 is 0 Å². The highest BCUT2D eigenvalue weighted by Gasteiger charge is 2.13. The first kappa shape index (κ1) is 11.9. The molecule has 1 amide bonds. The number of amides is 1. The fourth-order valence-electron chi connectivity index (χ4n) is 2.20. The van der Waals surface area contributed by atoms with E-state index in [0.29, 0.717) is 12.2 Å². The molecule has 0 saturated heterocycles. The van der Waals surface area contributed by atoms with Crippen LogP contribution < -0.4 is 10.6 Å². The van der Waals surface area contributed by atoms with E-state index in [0.717, 1.165) is 18.7 Å². The molecule has 0 bridgehead atoms. The molecule has 1 aliphatic heterocycles. The highest BCUT2D eigenvalue weighted by Crippen LogP contribution is 2.17. The van der Waals surface area contributed by atoms with Gasteiger partial charge in [-0.15, -0.1) is 0 Å². The zero-order chi connectivity index (χ0) is 13.2. The number of nitrogens with zero attached hydrogens (tertiary/aromatic N) is 1. The van der Waals surface area contributed by atoms with E-state index in [2.05, 4.69) is 27.9 Å². The maximum absolute atomic E-state index is 11.8. The standard InChI is InChI=1S/C14H15N3O2/c1-9-4-13(19-17-9)14(18)16-6-10-2-3-11-7-15-8-12(11)5-10/h2-5,15H,6-8H2,1H3,(H,16,18). The Balaban J connectivity index is 1.64. The van der Waals surface area contributed by atoms with E-state index in [-0.39, 0.29) is 11.7 Å². The van der Waals surface area contributed by atoms with Gasteiger partial charge in [-0.1, -0.05) is 23.4 Å². The summed E-state index contributed by atoms with van der Waals surface area (Å²) in [7, 11) is 0. The summed E-state index contributed by atoms with van der Waals surface area (Å²) in [5.41, 5.74) is 4.43. The molecule has 5 nitrogen and oxygen atoms in total. The molecule has 1 aliphatic rings. The van der Waals surface area contributed by atoms with Gasteiger partial charge in [0, 0.05) is 25.7 Å².